The van der Waals surface area contributed by atoms with Gasteiger partial charge in [-0.3, -0.25) is 9.78 Å². The Morgan fingerprint density at radius 1 is 1.20 bits per heavy atom. The van der Waals surface area contributed by atoms with Crippen molar-refractivity contribution in [2.45, 2.75) is 33.1 Å². The predicted molar refractivity (Wildman–Crippen MR) is 77.9 cm³/mol. The highest BCUT2D eigenvalue weighted by atomic mass is 16.5. The van der Waals surface area contributed by atoms with Crippen LogP contribution in [0.1, 0.15) is 32.5 Å². The van der Waals surface area contributed by atoms with Gasteiger partial charge in [0, 0.05) is 24.2 Å². The van der Waals surface area contributed by atoms with Crippen molar-refractivity contribution in [1.82, 2.24) is 15.0 Å². The molecule has 0 aliphatic heterocycles. The maximum atomic E-state index is 11.7. The van der Waals surface area contributed by atoms with E-state index in [9.17, 15) is 4.79 Å². The number of nitrogens with zero attached hydrogens (tertiary/aromatic N) is 2. The van der Waals surface area contributed by atoms with Crippen LogP contribution >= 0.6 is 0 Å². The van der Waals surface area contributed by atoms with E-state index in [4.69, 9.17) is 4.74 Å². The third-order valence-electron chi connectivity index (χ3n) is 2.76. The van der Waals surface area contributed by atoms with Gasteiger partial charge < -0.3 is 9.72 Å². The molecule has 1 N–H and O–H groups in total. The van der Waals surface area contributed by atoms with Crippen LogP contribution in [0.15, 0.2) is 29.3 Å². The lowest BCUT2D eigenvalue weighted by Gasteiger charge is -2.07. The third kappa shape index (κ3) is 3.66. The highest BCUT2D eigenvalue weighted by Crippen LogP contribution is 2.20. The molecular formula is C15H19N3O2. The number of pyridine rings is 1. The lowest BCUT2D eigenvalue weighted by atomic mass is 10.2. The second-order valence-corrected chi connectivity index (χ2v) is 4.59. The van der Waals surface area contributed by atoms with E-state index in [1.165, 1.54) is 6.07 Å². The molecule has 0 aliphatic carbocycles. The molecule has 0 aliphatic rings. The molecule has 106 valence electrons. The lowest BCUT2D eigenvalue weighted by Crippen LogP contribution is -2.11. The van der Waals surface area contributed by atoms with Gasteiger partial charge in [0.1, 0.15) is 11.6 Å². The number of aromatic nitrogens is 3. The molecule has 2 aromatic heterocycles. The van der Waals surface area contributed by atoms with Crippen LogP contribution in [0.2, 0.25) is 0 Å². The monoisotopic (exact) mass is 273 g/mol. The summed E-state index contributed by atoms with van der Waals surface area (Å²) >= 11 is 0. The van der Waals surface area contributed by atoms with E-state index in [-0.39, 0.29) is 5.56 Å². The average molecular weight is 273 g/mol. The molecule has 0 saturated carbocycles. The molecule has 0 atom stereocenters. The number of H-pyrrole nitrogens is 1. The number of hydrogen-bond donors (Lipinski definition) is 1. The second-order valence-electron chi connectivity index (χ2n) is 4.59. The molecule has 2 heterocycles. The summed E-state index contributed by atoms with van der Waals surface area (Å²) in [5.74, 6) is 1.40. The zero-order valence-electron chi connectivity index (χ0n) is 11.8. The predicted octanol–water partition coefficient (Wildman–Crippen LogP) is 2.57. The first-order valence-electron chi connectivity index (χ1n) is 6.91. The van der Waals surface area contributed by atoms with Crippen molar-refractivity contribution in [3.63, 3.8) is 0 Å². The fourth-order valence-corrected chi connectivity index (χ4v) is 1.87. The smallest absolute Gasteiger partial charge is 0.251 e. The minimum absolute atomic E-state index is 0.140. The summed E-state index contributed by atoms with van der Waals surface area (Å²) in [7, 11) is 0. The van der Waals surface area contributed by atoms with E-state index in [0.29, 0.717) is 23.9 Å². The van der Waals surface area contributed by atoms with Gasteiger partial charge in [0.05, 0.1) is 18.5 Å². The molecule has 0 bridgehead atoms. The molecule has 0 radical (unpaired) electrons. The highest BCUT2D eigenvalue weighted by molar-refractivity contribution is 5.59. The molecular weight excluding hydrogens is 254 g/mol. The van der Waals surface area contributed by atoms with Gasteiger partial charge in [0.25, 0.3) is 5.56 Å². The zero-order chi connectivity index (χ0) is 14.4. The van der Waals surface area contributed by atoms with Gasteiger partial charge in [-0.25, -0.2) is 4.98 Å². The minimum Gasteiger partial charge on any atom is -0.492 e. The Hall–Kier alpha value is -2.17. The van der Waals surface area contributed by atoms with Crippen LogP contribution in [0, 0.1) is 0 Å². The van der Waals surface area contributed by atoms with Crippen molar-refractivity contribution in [1.29, 1.82) is 0 Å². The Labute approximate surface area is 118 Å². The fraction of sp³-hybridized carbons (Fsp3) is 0.400. The average Bonchev–Trinajstić information content (AvgIpc) is 2.45. The standard InChI is InChI=1S/C15H19N3O2/c1-3-5-14-17-13(8-15(19)18-14)11-7-12(10-16-9-11)20-6-4-2/h7-10H,3-6H2,1-2H3,(H,17,18,19). The molecule has 20 heavy (non-hydrogen) atoms. The van der Waals surface area contributed by atoms with Gasteiger partial charge in [0.2, 0.25) is 0 Å². The van der Waals surface area contributed by atoms with Crippen LogP contribution in [0.3, 0.4) is 0 Å². The van der Waals surface area contributed by atoms with Crippen LogP contribution in [-0.2, 0) is 6.42 Å². The Kier molecular flexibility index (Phi) is 4.87. The molecule has 2 rings (SSSR count). The fourth-order valence-electron chi connectivity index (χ4n) is 1.87. The van der Waals surface area contributed by atoms with Crippen molar-refractivity contribution in [3.05, 3.63) is 40.7 Å². The summed E-state index contributed by atoms with van der Waals surface area (Å²) in [6.07, 6.45) is 5.98. The van der Waals surface area contributed by atoms with Gasteiger partial charge in [-0.15, -0.1) is 0 Å². The summed E-state index contributed by atoms with van der Waals surface area (Å²) in [4.78, 5) is 23.0. The Morgan fingerprint density at radius 3 is 2.80 bits per heavy atom. The maximum Gasteiger partial charge on any atom is 0.251 e. The molecule has 2 aromatic rings. The number of nitrogens with one attached hydrogen (secondary N) is 1. The number of ether oxygens (including phenoxy) is 1. The Bertz CT molecular complexity index is 623. The normalized spacial score (nSPS) is 10.5. The summed E-state index contributed by atoms with van der Waals surface area (Å²) in [5, 5.41) is 0. The largest absolute Gasteiger partial charge is 0.492 e. The van der Waals surface area contributed by atoms with Gasteiger partial charge >= 0.3 is 0 Å². The first kappa shape index (κ1) is 14.2. The van der Waals surface area contributed by atoms with E-state index in [1.807, 2.05) is 19.9 Å². The van der Waals surface area contributed by atoms with E-state index in [0.717, 1.165) is 24.8 Å². The number of aryl methyl sites for hydroxylation is 1. The van der Waals surface area contributed by atoms with Crippen molar-refractivity contribution < 1.29 is 4.74 Å². The second kappa shape index (κ2) is 6.84. The van der Waals surface area contributed by atoms with E-state index in [1.54, 1.807) is 12.4 Å². The molecule has 5 nitrogen and oxygen atoms in total. The first-order chi connectivity index (χ1) is 9.72. The molecule has 0 amide bonds. The van der Waals surface area contributed by atoms with Gasteiger partial charge in [-0.2, -0.15) is 0 Å². The molecule has 0 fully saturated rings. The SMILES string of the molecule is CCCOc1cncc(-c2cc(=O)[nH]c(CCC)n2)c1. The van der Waals surface area contributed by atoms with E-state index >= 15 is 0 Å². The molecule has 0 unspecified atom stereocenters. The zero-order valence-corrected chi connectivity index (χ0v) is 11.8. The first-order valence-corrected chi connectivity index (χ1v) is 6.91. The molecule has 0 aromatic carbocycles. The van der Waals surface area contributed by atoms with Crippen molar-refractivity contribution >= 4 is 0 Å². The number of rotatable bonds is 6. The number of aromatic amines is 1. The summed E-state index contributed by atoms with van der Waals surface area (Å²) < 4.78 is 5.55. The maximum absolute atomic E-state index is 11.7. The quantitative estimate of drug-likeness (QED) is 0.878. The van der Waals surface area contributed by atoms with Crippen molar-refractivity contribution in [3.8, 4) is 17.0 Å². The van der Waals surface area contributed by atoms with Gasteiger partial charge in [-0.05, 0) is 18.9 Å². The third-order valence-corrected chi connectivity index (χ3v) is 2.76. The van der Waals surface area contributed by atoms with Crippen LogP contribution in [-0.4, -0.2) is 21.6 Å². The molecule has 0 saturated heterocycles. The lowest BCUT2D eigenvalue weighted by molar-refractivity contribution is 0.316. The molecule has 0 spiro atoms. The van der Waals surface area contributed by atoms with E-state index < -0.39 is 0 Å². The summed E-state index contributed by atoms with van der Waals surface area (Å²) in [6.45, 7) is 4.75. The van der Waals surface area contributed by atoms with Crippen molar-refractivity contribution in [2.24, 2.45) is 0 Å². The van der Waals surface area contributed by atoms with Gasteiger partial charge in [-0.1, -0.05) is 13.8 Å². The topological polar surface area (TPSA) is 67.9 Å². The minimum atomic E-state index is -0.140. The highest BCUT2D eigenvalue weighted by Gasteiger charge is 2.06. The van der Waals surface area contributed by atoms with Crippen LogP contribution in [0.4, 0.5) is 0 Å². The Balaban J connectivity index is 2.33. The van der Waals surface area contributed by atoms with Gasteiger partial charge in [0.15, 0.2) is 0 Å². The van der Waals surface area contributed by atoms with Crippen LogP contribution in [0.25, 0.3) is 11.3 Å². The molecule has 5 heteroatoms. The van der Waals surface area contributed by atoms with Crippen LogP contribution < -0.4 is 10.3 Å². The van der Waals surface area contributed by atoms with Crippen molar-refractivity contribution in [2.75, 3.05) is 6.61 Å². The summed E-state index contributed by atoms with van der Waals surface area (Å²) in [5.41, 5.74) is 1.28. The van der Waals surface area contributed by atoms with Crippen LogP contribution in [0.5, 0.6) is 5.75 Å². The number of hydrogen-bond acceptors (Lipinski definition) is 4. The summed E-state index contributed by atoms with van der Waals surface area (Å²) in [6, 6.07) is 3.35. The Morgan fingerprint density at radius 2 is 2.05 bits per heavy atom. The van der Waals surface area contributed by atoms with E-state index in [2.05, 4.69) is 15.0 Å².